The molecule has 2 heteroatoms. The van der Waals surface area contributed by atoms with Crippen molar-refractivity contribution in [3.63, 3.8) is 0 Å². The topological polar surface area (TPSA) is 21.3 Å². The van der Waals surface area contributed by atoms with Gasteiger partial charge in [-0.15, -0.1) is 0 Å². The third kappa shape index (κ3) is 5.70. The maximum Gasteiger partial charge on any atom is 0.119 e. The largest absolute Gasteiger partial charge is 0.494 e. The highest BCUT2D eigenvalue weighted by atomic mass is 16.5. The molecule has 0 bridgehead atoms. The number of hydrogen-bond acceptors (Lipinski definition) is 2. The molecule has 0 heterocycles. The van der Waals surface area contributed by atoms with Gasteiger partial charge in [-0.25, -0.2) is 0 Å². The first-order valence-electron chi connectivity index (χ1n) is 8.52. The van der Waals surface area contributed by atoms with E-state index in [1.165, 1.54) is 37.7 Å². The van der Waals surface area contributed by atoms with E-state index in [0.717, 1.165) is 31.4 Å². The lowest BCUT2D eigenvalue weighted by molar-refractivity contribution is 0.296. The minimum atomic E-state index is 0.182. The van der Waals surface area contributed by atoms with Gasteiger partial charge in [0, 0.05) is 6.04 Å². The molecule has 1 aromatic rings. The summed E-state index contributed by atoms with van der Waals surface area (Å²) < 4.78 is 5.89. The zero-order valence-corrected chi connectivity index (χ0v) is 14.0. The second-order valence-electron chi connectivity index (χ2n) is 7.27. The first-order chi connectivity index (χ1) is 10.1. The molecule has 2 nitrogen and oxygen atoms in total. The van der Waals surface area contributed by atoms with Crippen LogP contribution in [-0.2, 0) is 5.41 Å². The van der Waals surface area contributed by atoms with E-state index in [0.29, 0.717) is 0 Å². The third-order valence-electron chi connectivity index (χ3n) is 4.33. The van der Waals surface area contributed by atoms with Crippen molar-refractivity contribution in [2.24, 2.45) is 0 Å². The van der Waals surface area contributed by atoms with Crippen LogP contribution in [0.1, 0.15) is 64.9 Å². The Morgan fingerprint density at radius 3 is 2.62 bits per heavy atom. The zero-order valence-electron chi connectivity index (χ0n) is 14.0. The minimum Gasteiger partial charge on any atom is -0.494 e. The summed E-state index contributed by atoms with van der Waals surface area (Å²) in [6.45, 7) is 8.58. The van der Waals surface area contributed by atoms with Gasteiger partial charge in [0.2, 0.25) is 0 Å². The summed E-state index contributed by atoms with van der Waals surface area (Å²) in [6, 6.07) is 9.26. The molecule has 0 aliphatic heterocycles. The molecular formula is C19H31NO. The molecular weight excluding hydrogens is 258 g/mol. The van der Waals surface area contributed by atoms with Crippen molar-refractivity contribution in [3.8, 4) is 5.75 Å². The Bertz CT molecular complexity index is 416. The number of ether oxygens (including phenoxy) is 1. The van der Waals surface area contributed by atoms with Gasteiger partial charge in [-0.1, -0.05) is 52.2 Å². The molecule has 1 N–H and O–H groups in total. The van der Waals surface area contributed by atoms with Gasteiger partial charge in [0.1, 0.15) is 5.75 Å². The Morgan fingerprint density at radius 2 is 1.90 bits per heavy atom. The highest BCUT2D eigenvalue weighted by molar-refractivity contribution is 5.32. The molecule has 1 aliphatic carbocycles. The molecule has 0 aromatic heterocycles. The lowest BCUT2D eigenvalue weighted by Crippen LogP contribution is -2.32. The normalized spacial score (nSPS) is 16.9. The molecule has 2 rings (SSSR count). The van der Waals surface area contributed by atoms with E-state index < -0.39 is 0 Å². The van der Waals surface area contributed by atoms with E-state index in [2.05, 4.69) is 50.4 Å². The predicted molar refractivity (Wildman–Crippen MR) is 90.1 cm³/mol. The van der Waals surface area contributed by atoms with Crippen LogP contribution in [0.25, 0.3) is 0 Å². The third-order valence-corrected chi connectivity index (χ3v) is 4.33. The van der Waals surface area contributed by atoms with Crippen LogP contribution < -0.4 is 10.1 Å². The molecule has 0 unspecified atom stereocenters. The average Bonchev–Trinajstić information content (AvgIpc) is 2.47. The number of rotatable bonds is 6. The zero-order chi connectivity index (χ0) is 15.1. The van der Waals surface area contributed by atoms with Crippen molar-refractivity contribution >= 4 is 0 Å². The van der Waals surface area contributed by atoms with Crippen molar-refractivity contribution in [2.45, 2.75) is 70.8 Å². The van der Waals surface area contributed by atoms with Gasteiger partial charge in [-0.2, -0.15) is 0 Å². The van der Waals surface area contributed by atoms with E-state index >= 15 is 0 Å². The quantitative estimate of drug-likeness (QED) is 0.768. The fraction of sp³-hybridized carbons (Fsp3) is 0.684. The lowest BCUT2D eigenvalue weighted by Gasteiger charge is -2.23. The molecule has 0 atom stereocenters. The second-order valence-corrected chi connectivity index (χ2v) is 7.27. The smallest absolute Gasteiger partial charge is 0.119 e. The first kappa shape index (κ1) is 16.4. The maximum absolute atomic E-state index is 5.89. The van der Waals surface area contributed by atoms with Gasteiger partial charge in [-0.3, -0.25) is 0 Å². The number of benzene rings is 1. The van der Waals surface area contributed by atoms with Gasteiger partial charge < -0.3 is 10.1 Å². The van der Waals surface area contributed by atoms with E-state index in [9.17, 15) is 0 Å². The summed E-state index contributed by atoms with van der Waals surface area (Å²) >= 11 is 0. The second kappa shape index (κ2) is 7.84. The van der Waals surface area contributed by atoms with E-state index in [1.807, 2.05) is 0 Å². The van der Waals surface area contributed by atoms with Crippen LogP contribution in [0.15, 0.2) is 24.3 Å². The molecule has 0 amide bonds. The Kier molecular flexibility index (Phi) is 6.10. The molecule has 0 spiro atoms. The summed E-state index contributed by atoms with van der Waals surface area (Å²) in [5.41, 5.74) is 1.52. The highest BCUT2D eigenvalue weighted by Crippen LogP contribution is 2.25. The molecule has 0 saturated heterocycles. The summed E-state index contributed by atoms with van der Waals surface area (Å²) in [6.07, 6.45) is 8.01. The van der Waals surface area contributed by atoms with Crippen LogP contribution in [-0.4, -0.2) is 19.2 Å². The highest BCUT2D eigenvalue weighted by Gasteiger charge is 2.14. The molecule has 118 valence electrons. The maximum atomic E-state index is 5.89. The fourth-order valence-corrected chi connectivity index (χ4v) is 2.93. The Morgan fingerprint density at radius 1 is 1.14 bits per heavy atom. The van der Waals surface area contributed by atoms with Crippen molar-refractivity contribution in [1.82, 2.24) is 5.32 Å². The monoisotopic (exact) mass is 289 g/mol. The minimum absolute atomic E-state index is 0.182. The van der Waals surface area contributed by atoms with Crippen LogP contribution >= 0.6 is 0 Å². The molecule has 1 aromatic carbocycles. The first-order valence-corrected chi connectivity index (χ1v) is 8.52. The average molecular weight is 289 g/mol. The van der Waals surface area contributed by atoms with Crippen molar-refractivity contribution in [2.75, 3.05) is 13.2 Å². The summed E-state index contributed by atoms with van der Waals surface area (Å²) in [5.74, 6) is 1.00. The van der Waals surface area contributed by atoms with Gasteiger partial charge in [-0.05, 0) is 48.9 Å². The van der Waals surface area contributed by atoms with Crippen molar-refractivity contribution in [3.05, 3.63) is 29.8 Å². The molecule has 1 fully saturated rings. The van der Waals surface area contributed by atoms with E-state index in [-0.39, 0.29) is 5.41 Å². The SMILES string of the molecule is CC(C)(C)c1cccc(OCCCNC2CCCCC2)c1. The van der Waals surface area contributed by atoms with Crippen molar-refractivity contribution < 1.29 is 4.74 Å². The molecule has 1 saturated carbocycles. The lowest BCUT2D eigenvalue weighted by atomic mass is 9.87. The van der Waals surface area contributed by atoms with Crippen LogP contribution in [0.4, 0.5) is 0 Å². The Labute approximate surface area is 130 Å². The summed E-state index contributed by atoms with van der Waals surface area (Å²) in [7, 11) is 0. The van der Waals surface area contributed by atoms with Crippen LogP contribution in [0.3, 0.4) is 0 Å². The number of nitrogens with one attached hydrogen (secondary N) is 1. The van der Waals surface area contributed by atoms with Crippen LogP contribution in [0, 0.1) is 0 Å². The van der Waals surface area contributed by atoms with E-state index in [4.69, 9.17) is 4.74 Å². The van der Waals surface area contributed by atoms with Gasteiger partial charge in [0.25, 0.3) is 0 Å². The summed E-state index contributed by atoms with van der Waals surface area (Å²) in [4.78, 5) is 0. The molecule has 1 aliphatic rings. The van der Waals surface area contributed by atoms with Gasteiger partial charge in [0.15, 0.2) is 0 Å². The molecule has 21 heavy (non-hydrogen) atoms. The Balaban J connectivity index is 1.66. The van der Waals surface area contributed by atoms with Crippen LogP contribution in [0.5, 0.6) is 5.75 Å². The Hall–Kier alpha value is -1.02. The predicted octanol–water partition coefficient (Wildman–Crippen LogP) is 4.68. The van der Waals surface area contributed by atoms with E-state index in [1.54, 1.807) is 0 Å². The molecule has 0 radical (unpaired) electrons. The van der Waals surface area contributed by atoms with Gasteiger partial charge in [0.05, 0.1) is 6.61 Å². The summed E-state index contributed by atoms with van der Waals surface area (Å²) in [5, 5.41) is 3.66. The van der Waals surface area contributed by atoms with Crippen LogP contribution in [0.2, 0.25) is 0 Å². The fourth-order valence-electron chi connectivity index (χ4n) is 2.93. The van der Waals surface area contributed by atoms with Gasteiger partial charge >= 0.3 is 0 Å². The number of hydrogen-bond donors (Lipinski definition) is 1. The van der Waals surface area contributed by atoms with Crippen molar-refractivity contribution in [1.29, 1.82) is 0 Å². The standard InChI is InChI=1S/C19H31NO/c1-19(2,3)16-9-7-12-18(15-16)21-14-8-13-20-17-10-5-4-6-11-17/h7,9,12,15,17,20H,4-6,8,10-11,13-14H2,1-3H3.